The molecule has 1 N–H and O–H groups in total. The summed E-state index contributed by atoms with van der Waals surface area (Å²) >= 11 is 1.38. The molecule has 34 heavy (non-hydrogen) atoms. The van der Waals surface area contributed by atoms with Crippen LogP contribution < -0.4 is 4.90 Å². The molecule has 2 fully saturated rings. The Morgan fingerprint density at radius 3 is 2.76 bits per heavy atom. The largest absolute Gasteiger partial charge is 0.346 e. The topological polar surface area (TPSA) is 85.4 Å². The number of carbonyl (C=O) groups is 2. The third-order valence-electron chi connectivity index (χ3n) is 6.76. The quantitative estimate of drug-likeness (QED) is 0.493. The SMILES string of the molecule is O=C(c1nccs1)N1CCN(C2CC(=O)N(c3cccc(-c4c[nH]c5ncccc45)c3)C2)CC1. The first-order chi connectivity index (χ1) is 16.7. The number of hydrogen-bond donors (Lipinski definition) is 1. The van der Waals surface area contributed by atoms with Crippen LogP contribution >= 0.6 is 11.3 Å². The molecule has 0 radical (unpaired) electrons. The number of aromatic amines is 1. The van der Waals surface area contributed by atoms with E-state index in [0.717, 1.165) is 40.9 Å². The van der Waals surface area contributed by atoms with E-state index < -0.39 is 0 Å². The molecule has 172 valence electrons. The highest BCUT2D eigenvalue weighted by Gasteiger charge is 2.36. The molecule has 8 nitrogen and oxygen atoms in total. The number of pyridine rings is 1. The highest BCUT2D eigenvalue weighted by Crippen LogP contribution is 2.32. The van der Waals surface area contributed by atoms with Crippen molar-refractivity contribution in [2.45, 2.75) is 12.5 Å². The van der Waals surface area contributed by atoms with Crippen molar-refractivity contribution in [2.24, 2.45) is 0 Å². The van der Waals surface area contributed by atoms with Gasteiger partial charge in [-0.3, -0.25) is 14.5 Å². The van der Waals surface area contributed by atoms with Gasteiger partial charge < -0.3 is 14.8 Å². The molecule has 4 aromatic rings. The van der Waals surface area contributed by atoms with Crippen molar-refractivity contribution in [3.63, 3.8) is 0 Å². The van der Waals surface area contributed by atoms with Gasteiger partial charge in [0, 0.05) is 85.8 Å². The number of rotatable bonds is 4. The third-order valence-corrected chi connectivity index (χ3v) is 7.52. The Morgan fingerprint density at radius 1 is 1.06 bits per heavy atom. The van der Waals surface area contributed by atoms with Gasteiger partial charge in [0.1, 0.15) is 5.65 Å². The van der Waals surface area contributed by atoms with E-state index in [0.29, 0.717) is 31.1 Å². The molecule has 6 rings (SSSR count). The molecule has 0 aliphatic carbocycles. The molecule has 0 bridgehead atoms. The summed E-state index contributed by atoms with van der Waals surface area (Å²) < 4.78 is 0. The molecule has 1 atom stereocenters. The molecule has 0 spiro atoms. The monoisotopic (exact) mass is 472 g/mol. The first kappa shape index (κ1) is 21.0. The molecular weight excluding hydrogens is 448 g/mol. The minimum absolute atomic E-state index is 0.00284. The lowest BCUT2D eigenvalue weighted by molar-refractivity contribution is -0.117. The first-order valence-electron chi connectivity index (χ1n) is 11.4. The number of H-pyrrole nitrogens is 1. The Balaban J connectivity index is 1.15. The molecule has 5 heterocycles. The van der Waals surface area contributed by atoms with Crippen LogP contribution in [0.3, 0.4) is 0 Å². The van der Waals surface area contributed by atoms with Crippen molar-refractivity contribution < 1.29 is 9.59 Å². The maximum atomic E-state index is 13.0. The number of nitrogens with zero attached hydrogens (tertiary/aromatic N) is 5. The first-order valence-corrected chi connectivity index (χ1v) is 12.3. The van der Waals surface area contributed by atoms with E-state index in [1.807, 2.05) is 39.6 Å². The van der Waals surface area contributed by atoms with Gasteiger partial charge >= 0.3 is 0 Å². The van der Waals surface area contributed by atoms with E-state index in [-0.39, 0.29) is 17.9 Å². The molecule has 1 aromatic carbocycles. The lowest BCUT2D eigenvalue weighted by Gasteiger charge is -2.37. The number of aromatic nitrogens is 3. The van der Waals surface area contributed by atoms with Crippen LogP contribution in [-0.4, -0.2) is 75.3 Å². The maximum absolute atomic E-state index is 13.0. The molecule has 2 saturated heterocycles. The number of amides is 2. The lowest BCUT2D eigenvalue weighted by atomic mass is 10.0. The Bertz CT molecular complexity index is 1340. The Morgan fingerprint density at radius 2 is 1.94 bits per heavy atom. The Labute approximate surface area is 200 Å². The number of carbonyl (C=O) groups excluding carboxylic acids is 2. The standard InChI is InChI=1S/C25H24N6O2S/c32-22-14-19(29-8-10-30(11-9-29)25(33)24-27-7-12-34-24)16-31(22)18-4-1-3-17(13-18)21-15-28-23-20(21)5-2-6-26-23/h1-7,12-13,15,19H,8-11,14,16H2,(H,26,28). The van der Waals surface area contributed by atoms with Gasteiger partial charge in [0.25, 0.3) is 5.91 Å². The molecule has 9 heteroatoms. The number of hydrogen-bond acceptors (Lipinski definition) is 6. The van der Waals surface area contributed by atoms with Crippen molar-refractivity contribution in [3.8, 4) is 11.1 Å². The van der Waals surface area contributed by atoms with Gasteiger partial charge in [0.05, 0.1) is 0 Å². The normalized spacial score (nSPS) is 19.3. The zero-order valence-electron chi connectivity index (χ0n) is 18.6. The smallest absolute Gasteiger partial charge is 0.282 e. The van der Waals surface area contributed by atoms with Gasteiger partial charge in [0.15, 0.2) is 5.01 Å². The van der Waals surface area contributed by atoms with Crippen LogP contribution in [0.15, 0.2) is 60.4 Å². The maximum Gasteiger partial charge on any atom is 0.282 e. The molecule has 2 amide bonds. The molecule has 3 aromatic heterocycles. The number of piperazine rings is 1. The summed E-state index contributed by atoms with van der Waals surface area (Å²) in [6.07, 6.45) is 5.91. The number of thiazole rings is 1. The van der Waals surface area contributed by atoms with Crippen LogP contribution in [0, 0.1) is 0 Å². The fraction of sp³-hybridized carbons (Fsp3) is 0.280. The van der Waals surface area contributed by atoms with Gasteiger partial charge in [0.2, 0.25) is 5.91 Å². The number of benzene rings is 1. The number of nitrogens with one attached hydrogen (secondary N) is 1. The van der Waals surface area contributed by atoms with E-state index >= 15 is 0 Å². The Hall–Kier alpha value is -3.56. The lowest BCUT2D eigenvalue weighted by Crippen LogP contribution is -2.52. The number of anilines is 1. The minimum atomic E-state index is 0.00284. The second-order valence-electron chi connectivity index (χ2n) is 8.68. The average molecular weight is 473 g/mol. The van der Waals surface area contributed by atoms with Crippen LogP contribution in [-0.2, 0) is 4.79 Å². The Kier molecular flexibility index (Phi) is 5.35. The summed E-state index contributed by atoms with van der Waals surface area (Å²) in [5.74, 6) is 0.145. The van der Waals surface area contributed by atoms with Gasteiger partial charge in [-0.1, -0.05) is 12.1 Å². The van der Waals surface area contributed by atoms with E-state index in [4.69, 9.17) is 0 Å². The average Bonchev–Trinajstić information content (AvgIpc) is 3.64. The van der Waals surface area contributed by atoms with Crippen molar-refractivity contribution in [3.05, 3.63) is 65.4 Å². The fourth-order valence-corrected chi connectivity index (χ4v) is 5.58. The van der Waals surface area contributed by atoms with Crippen LogP contribution in [0.25, 0.3) is 22.2 Å². The van der Waals surface area contributed by atoms with E-state index in [9.17, 15) is 9.59 Å². The van der Waals surface area contributed by atoms with Gasteiger partial charge in [-0.2, -0.15) is 0 Å². The van der Waals surface area contributed by atoms with Crippen molar-refractivity contribution in [1.82, 2.24) is 24.8 Å². The van der Waals surface area contributed by atoms with Gasteiger partial charge in [-0.15, -0.1) is 11.3 Å². The molecule has 2 aliphatic rings. The van der Waals surface area contributed by atoms with E-state index in [1.54, 1.807) is 12.4 Å². The van der Waals surface area contributed by atoms with Crippen LogP contribution in [0.1, 0.15) is 16.2 Å². The van der Waals surface area contributed by atoms with Crippen LogP contribution in [0.2, 0.25) is 0 Å². The highest BCUT2D eigenvalue weighted by molar-refractivity contribution is 7.11. The second-order valence-corrected chi connectivity index (χ2v) is 9.57. The summed E-state index contributed by atoms with van der Waals surface area (Å²) in [6, 6.07) is 12.3. The highest BCUT2D eigenvalue weighted by atomic mass is 32.1. The molecular formula is C25H24N6O2S. The molecule has 1 unspecified atom stereocenters. The van der Waals surface area contributed by atoms with Crippen molar-refractivity contribution in [2.75, 3.05) is 37.6 Å². The van der Waals surface area contributed by atoms with Crippen LogP contribution in [0.4, 0.5) is 5.69 Å². The zero-order chi connectivity index (χ0) is 23.1. The van der Waals surface area contributed by atoms with Crippen LogP contribution in [0.5, 0.6) is 0 Å². The molecule has 0 saturated carbocycles. The summed E-state index contributed by atoms with van der Waals surface area (Å²) in [6.45, 7) is 3.52. The minimum Gasteiger partial charge on any atom is -0.346 e. The van der Waals surface area contributed by atoms with Gasteiger partial charge in [-0.05, 0) is 29.8 Å². The fourth-order valence-electron chi connectivity index (χ4n) is 4.97. The second kappa shape index (κ2) is 8.66. The predicted octanol–water partition coefficient (Wildman–Crippen LogP) is 3.25. The molecule has 2 aliphatic heterocycles. The predicted molar refractivity (Wildman–Crippen MR) is 132 cm³/mol. The van der Waals surface area contributed by atoms with Crippen molar-refractivity contribution in [1.29, 1.82) is 0 Å². The van der Waals surface area contributed by atoms with Crippen molar-refractivity contribution >= 4 is 39.9 Å². The summed E-state index contributed by atoms with van der Waals surface area (Å²) in [5.41, 5.74) is 3.91. The zero-order valence-corrected chi connectivity index (χ0v) is 19.4. The summed E-state index contributed by atoms with van der Waals surface area (Å²) in [5, 5.41) is 3.43. The van der Waals surface area contributed by atoms with E-state index in [2.05, 4.69) is 38.1 Å². The summed E-state index contributed by atoms with van der Waals surface area (Å²) in [7, 11) is 0. The third kappa shape index (κ3) is 3.76. The number of fused-ring (bicyclic) bond motifs is 1. The van der Waals surface area contributed by atoms with Gasteiger partial charge in [-0.25, -0.2) is 9.97 Å². The summed E-state index contributed by atoms with van der Waals surface area (Å²) in [4.78, 5) is 43.4. The van der Waals surface area contributed by atoms with E-state index in [1.165, 1.54) is 11.3 Å².